The van der Waals surface area contributed by atoms with E-state index in [2.05, 4.69) is 20.7 Å². The van der Waals surface area contributed by atoms with Crippen molar-refractivity contribution in [1.82, 2.24) is 0 Å². The minimum Gasteiger partial charge on any atom is -0.405 e. The van der Waals surface area contributed by atoms with Crippen LogP contribution < -0.4 is 4.74 Å². The largest absolute Gasteiger partial charge is 0.573 e. The van der Waals surface area contributed by atoms with E-state index in [1.54, 1.807) is 18.2 Å². The lowest BCUT2D eigenvalue weighted by Crippen LogP contribution is -2.17. The highest BCUT2D eigenvalue weighted by Gasteiger charge is 2.32. The van der Waals surface area contributed by atoms with Crippen molar-refractivity contribution in [1.29, 1.82) is 5.26 Å². The molecule has 0 heterocycles. The van der Waals surface area contributed by atoms with Gasteiger partial charge < -0.3 is 4.74 Å². The number of halogens is 4. The average Bonchev–Trinajstić information content (AvgIpc) is 2.36. The van der Waals surface area contributed by atoms with Crippen molar-refractivity contribution in [3.63, 3.8) is 0 Å². The zero-order chi connectivity index (χ0) is 14.8. The molecule has 0 spiro atoms. The van der Waals surface area contributed by atoms with E-state index in [1.165, 1.54) is 24.3 Å². The predicted molar refractivity (Wildman–Crippen MR) is 71.0 cm³/mol. The fourth-order valence-corrected chi connectivity index (χ4v) is 2.22. The summed E-state index contributed by atoms with van der Waals surface area (Å²) >= 11 is 3.22. The van der Waals surface area contributed by atoms with Crippen molar-refractivity contribution in [2.45, 2.75) is 6.36 Å². The molecular weight excluding hydrogens is 335 g/mol. The Labute approximate surface area is 121 Å². The molecule has 2 aromatic rings. The van der Waals surface area contributed by atoms with E-state index in [1.807, 2.05) is 6.07 Å². The number of nitrogens with zero attached hydrogens (tertiary/aromatic N) is 1. The second kappa shape index (κ2) is 5.55. The van der Waals surface area contributed by atoms with Gasteiger partial charge >= 0.3 is 6.36 Å². The molecule has 0 amide bonds. The van der Waals surface area contributed by atoms with Crippen molar-refractivity contribution in [3.8, 4) is 22.9 Å². The number of para-hydroxylation sites is 1. The van der Waals surface area contributed by atoms with Crippen LogP contribution in [0.3, 0.4) is 0 Å². The van der Waals surface area contributed by atoms with E-state index in [4.69, 9.17) is 5.26 Å². The highest BCUT2D eigenvalue weighted by molar-refractivity contribution is 9.10. The highest BCUT2D eigenvalue weighted by Crippen LogP contribution is 2.35. The number of hydrogen-bond acceptors (Lipinski definition) is 2. The van der Waals surface area contributed by atoms with Crippen LogP contribution in [-0.2, 0) is 0 Å². The Kier molecular flexibility index (Phi) is 4.00. The number of alkyl halides is 3. The number of nitriles is 1. The second-order valence-electron chi connectivity index (χ2n) is 3.88. The highest BCUT2D eigenvalue weighted by atomic mass is 79.9. The summed E-state index contributed by atoms with van der Waals surface area (Å²) in [5.41, 5.74) is 1.08. The Morgan fingerprint density at radius 2 is 1.80 bits per heavy atom. The fraction of sp³-hybridized carbons (Fsp3) is 0.0714. The minimum absolute atomic E-state index is 0.266. The Morgan fingerprint density at radius 3 is 2.45 bits per heavy atom. The molecule has 102 valence electrons. The molecule has 0 aliphatic rings. The first-order valence-corrected chi connectivity index (χ1v) is 6.24. The summed E-state index contributed by atoms with van der Waals surface area (Å²) in [6, 6.07) is 12.5. The summed E-state index contributed by atoms with van der Waals surface area (Å²) in [6.45, 7) is 0. The normalized spacial score (nSPS) is 10.9. The maximum Gasteiger partial charge on any atom is 0.573 e. The molecule has 2 nitrogen and oxygen atoms in total. The van der Waals surface area contributed by atoms with Gasteiger partial charge in [-0.3, -0.25) is 0 Å². The van der Waals surface area contributed by atoms with Gasteiger partial charge in [0.25, 0.3) is 0 Å². The predicted octanol–water partition coefficient (Wildman–Crippen LogP) is 4.89. The maximum atomic E-state index is 12.4. The van der Waals surface area contributed by atoms with E-state index >= 15 is 0 Å². The third-order valence-corrected chi connectivity index (χ3v) is 2.91. The Balaban J connectivity index is 2.53. The zero-order valence-corrected chi connectivity index (χ0v) is 11.5. The molecule has 0 bridgehead atoms. The van der Waals surface area contributed by atoms with Gasteiger partial charge in [0, 0.05) is 10.0 Å². The number of benzene rings is 2. The molecule has 0 aliphatic heterocycles. The average molecular weight is 342 g/mol. The van der Waals surface area contributed by atoms with Crippen molar-refractivity contribution in [3.05, 3.63) is 52.5 Å². The van der Waals surface area contributed by atoms with Crippen LogP contribution >= 0.6 is 15.9 Å². The summed E-state index contributed by atoms with van der Waals surface area (Å²) in [6.07, 6.45) is -4.76. The Morgan fingerprint density at radius 1 is 1.10 bits per heavy atom. The number of rotatable bonds is 2. The van der Waals surface area contributed by atoms with Crippen molar-refractivity contribution in [2.75, 3.05) is 0 Å². The molecule has 20 heavy (non-hydrogen) atoms. The van der Waals surface area contributed by atoms with Crippen LogP contribution in [0, 0.1) is 11.3 Å². The van der Waals surface area contributed by atoms with E-state index in [0.717, 1.165) is 0 Å². The summed E-state index contributed by atoms with van der Waals surface area (Å²) in [7, 11) is 0. The molecule has 0 radical (unpaired) electrons. The summed E-state index contributed by atoms with van der Waals surface area (Å²) in [4.78, 5) is 0. The first-order valence-electron chi connectivity index (χ1n) is 5.45. The molecule has 2 rings (SSSR count). The molecule has 0 aliphatic carbocycles. The van der Waals surface area contributed by atoms with E-state index in [9.17, 15) is 13.2 Å². The van der Waals surface area contributed by atoms with Crippen LogP contribution in [0.1, 0.15) is 5.56 Å². The fourth-order valence-electron chi connectivity index (χ4n) is 1.73. The lowest BCUT2D eigenvalue weighted by molar-refractivity contribution is -0.274. The van der Waals surface area contributed by atoms with Gasteiger partial charge in [-0.05, 0) is 29.8 Å². The number of ether oxygens (including phenoxy) is 1. The molecular formula is C14H7BrF3NO. The smallest absolute Gasteiger partial charge is 0.405 e. The lowest BCUT2D eigenvalue weighted by atomic mass is 10.0. The van der Waals surface area contributed by atoms with Crippen LogP contribution in [0.15, 0.2) is 46.9 Å². The van der Waals surface area contributed by atoms with Gasteiger partial charge in [-0.2, -0.15) is 5.26 Å². The molecule has 0 saturated heterocycles. The van der Waals surface area contributed by atoms with Gasteiger partial charge in [-0.25, -0.2) is 0 Å². The minimum atomic E-state index is -4.76. The van der Waals surface area contributed by atoms with Gasteiger partial charge in [0.15, 0.2) is 0 Å². The molecule has 0 atom stereocenters. The Hall–Kier alpha value is -2.00. The van der Waals surface area contributed by atoms with Crippen molar-refractivity contribution in [2.24, 2.45) is 0 Å². The molecule has 0 saturated carbocycles. The van der Waals surface area contributed by atoms with Crippen LogP contribution in [0.5, 0.6) is 5.75 Å². The lowest BCUT2D eigenvalue weighted by Gasteiger charge is -2.13. The van der Waals surface area contributed by atoms with Gasteiger partial charge in [0.1, 0.15) is 5.75 Å². The SMILES string of the molecule is N#Cc1cc(Br)cc(-c2ccccc2OC(F)(F)F)c1. The van der Waals surface area contributed by atoms with Crippen LogP contribution in [0.2, 0.25) is 0 Å². The van der Waals surface area contributed by atoms with Crippen molar-refractivity contribution < 1.29 is 17.9 Å². The molecule has 0 fully saturated rings. The van der Waals surface area contributed by atoms with Gasteiger partial charge in [0.05, 0.1) is 11.6 Å². The molecule has 2 aromatic carbocycles. The molecule has 6 heteroatoms. The maximum absolute atomic E-state index is 12.4. The van der Waals surface area contributed by atoms with E-state index in [0.29, 0.717) is 15.6 Å². The van der Waals surface area contributed by atoms with E-state index < -0.39 is 6.36 Å². The van der Waals surface area contributed by atoms with Crippen LogP contribution in [0.4, 0.5) is 13.2 Å². The second-order valence-corrected chi connectivity index (χ2v) is 4.80. The van der Waals surface area contributed by atoms with Gasteiger partial charge in [-0.15, -0.1) is 13.2 Å². The first-order chi connectivity index (χ1) is 9.39. The van der Waals surface area contributed by atoms with Gasteiger partial charge in [-0.1, -0.05) is 34.1 Å². The van der Waals surface area contributed by atoms with Crippen LogP contribution in [-0.4, -0.2) is 6.36 Å². The topological polar surface area (TPSA) is 33.0 Å². The third-order valence-electron chi connectivity index (χ3n) is 2.45. The zero-order valence-electron chi connectivity index (χ0n) is 9.91. The quantitative estimate of drug-likeness (QED) is 0.779. The Bertz CT molecular complexity index is 677. The number of hydrogen-bond donors (Lipinski definition) is 0. The monoisotopic (exact) mass is 341 g/mol. The summed E-state index contributed by atoms with van der Waals surface area (Å²) in [5, 5.41) is 8.91. The summed E-state index contributed by atoms with van der Waals surface area (Å²) < 4.78 is 41.7. The van der Waals surface area contributed by atoms with Gasteiger partial charge in [0.2, 0.25) is 0 Å². The molecule has 0 unspecified atom stereocenters. The van der Waals surface area contributed by atoms with Crippen molar-refractivity contribution >= 4 is 15.9 Å². The summed E-state index contributed by atoms with van der Waals surface area (Å²) in [5.74, 6) is -0.304. The first kappa shape index (κ1) is 14.4. The standard InChI is InChI=1S/C14H7BrF3NO/c15-11-6-9(8-19)5-10(7-11)12-3-1-2-4-13(12)20-14(16,17)18/h1-7H. The molecule has 0 N–H and O–H groups in total. The third kappa shape index (κ3) is 3.52. The van der Waals surface area contributed by atoms with E-state index in [-0.39, 0.29) is 11.3 Å². The van der Waals surface area contributed by atoms with Crippen LogP contribution in [0.25, 0.3) is 11.1 Å². The molecule has 0 aromatic heterocycles.